The van der Waals surface area contributed by atoms with E-state index in [9.17, 15) is 5.11 Å². The summed E-state index contributed by atoms with van der Waals surface area (Å²) in [4.78, 5) is 2.40. The van der Waals surface area contributed by atoms with Crippen LogP contribution in [0.4, 0.5) is 0 Å². The summed E-state index contributed by atoms with van der Waals surface area (Å²) >= 11 is 0. The Hall–Kier alpha value is -2.30. The zero-order chi connectivity index (χ0) is 20.0. The second-order valence-electron chi connectivity index (χ2n) is 8.81. The van der Waals surface area contributed by atoms with Crippen LogP contribution in [-0.4, -0.2) is 40.4 Å². The molecule has 2 atom stereocenters. The van der Waals surface area contributed by atoms with E-state index >= 15 is 0 Å². The number of aliphatic hydroxyl groups is 1. The predicted octanol–water partition coefficient (Wildman–Crippen LogP) is 4.39. The number of aromatic nitrogens is 1. The molecule has 0 radical (unpaired) electrons. The number of para-hydroxylation sites is 1. The molecule has 4 heteroatoms. The molecular formula is C25H30N2O2. The zero-order valence-electron chi connectivity index (χ0n) is 17.4. The molecule has 1 aromatic heterocycles. The summed E-state index contributed by atoms with van der Waals surface area (Å²) in [6, 6.07) is 14.8. The van der Waals surface area contributed by atoms with Crippen molar-refractivity contribution in [3.63, 3.8) is 0 Å². The maximum atomic E-state index is 10.7. The Kier molecular flexibility index (Phi) is 4.84. The molecule has 1 aliphatic heterocycles. The van der Waals surface area contributed by atoms with Gasteiger partial charge in [-0.25, -0.2) is 0 Å². The first-order chi connectivity index (χ1) is 14.1. The number of benzene rings is 2. The van der Waals surface area contributed by atoms with Crippen LogP contribution < -0.4 is 4.74 Å². The van der Waals surface area contributed by atoms with Gasteiger partial charge in [-0.1, -0.05) is 29.8 Å². The van der Waals surface area contributed by atoms with E-state index < -0.39 is 6.10 Å². The van der Waals surface area contributed by atoms with Crippen molar-refractivity contribution in [2.45, 2.75) is 51.8 Å². The molecule has 29 heavy (non-hydrogen) atoms. The van der Waals surface area contributed by atoms with Gasteiger partial charge in [-0.3, -0.25) is 4.90 Å². The monoisotopic (exact) mass is 390 g/mol. The van der Waals surface area contributed by atoms with Crippen LogP contribution in [-0.2, 0) is 13.1 Å². The van der Waals surface area contributed by atoms with E-state index in [-0.39, 0.29) is 0 Å². The van der Waals surface area contributed by atoms with E-state index in [1.165, 1.54) is 35.7 Å². The van der Waals surface area contributed by atoms with Crippen LogP contribution in [0.2, 0.25) is 0 Å². The molecule has 3 aromatic rings. The van der Waals surface area contributed by atoms with Crippen LogP contribution in [0.15, 0.2) is 42.5 Å². The Balaban J connectivity index is 1.33. The standard InChI is InChI=1S/C25H30N2O2/c1-17-10-11-23-22(12-17)21-8-5-7-19-13-26(16-27(23)25(19)21)14-20(28)15-29-24-9-4-3-6-18(24)2/h3-4,6,9-12,19-20,28H,5,7-8,13-16H2,1-2H3. The lowest BCUT2D eigenvalue weighted by atomic mass is 9.85. The first-order valence-corrected chi connectivity index (χ1v) is 10.8. The number of rotatable bonds is 5. The van der Waals surface area contributed by atoms with E-state index in [0.717, 1.165) is 24.5 Å². The Morgan fingerprint density at radius 3 is 2.90 bits per heavy atom. The van der Waals surface area contributed by atoms with Crippen molar-refractivity contribution in [3.05, 3.63) is 64.8 Å². The number of β-amino-alcohol motifs (C(OH)–C–C–N with tert-alkyl or cyclic N) is 1. The molecule has 152 valence electrons. The molecule has 0 saturated heterocycles. The van der Waals surface area contributed by atoms with Crippen LogP contribution in [0.3, 0.4) is 0 Å². The number of ether oxygens (including phenoxy) is 1. The third-order valence-corrected chi connectivity index (χ3v) is 6.55. The van der Waals surface area contributed by atoms with Gasteiger partial charge in [0.15, 0.2) is 0 Å². The van der Waals surface area contributed by atoms with Crippen LogP contribution in [0, 0.1) is 13.8 Å². The molecule has 4 nitrogen and oxygen atoms in total. The molecule has 0 fully saturated rings. The molecule has 5 rings (SSSR count). The first-order valence-electron chi connectivity index (χ1n) is 10.8. The molecule has 0 bridgehead atoms. The van der Waals surface area contributed by atoms with Gasteiger partial charge in [0, 0.05) is 35.6 Å². The summed E-state index contributed by atoms with van der Waals surface area (Å²) in [5, 5.41) is 12.1. The number of fused-ring (bicyclic) bond motifs is 3. The maximum absolute atomic E-state index is 10.7. The summed E-state index contributed by atoms with van der Waals surface area (Å²) in [7, 11) is 0. The molecule has 1 N–H and O–H groups in total. The minimum atomic E-state index is -0.497. The Morgan fingerprint density at radius 2 is 2.03 bits per heavy atom. The van der Waals surface area contributed by atoms with Crippen molar-refractivity contribution in [3.8, 4) is 5.75 Å². The van der Waals surface area contributed by atoms with Gasteiger partial charge < -0.3 is 14.4 Å². The fraction of sp³-hybridized carbons (Fsp3) is 0.440. The largest absolute Gasteiger partial charge is 0.491 e. The van der Waals surface area contributed by atoms with Crippen molar-refractivity contribution < 1.29 is 9.84 Å². The average Bonchev–Trinajstić information content (AvgIpc) is 3.02. The smallest absolute Gasteiger partial charge is 0.122 e. The van der Waals surface area contributed by atoms with Gasteiger partial charge in [0.25, 0.3) is 0 Å². The van der Waals surface area contributed by atoms with Crippen molar-refractivity contribution >= 4 is 10.9 Å². The first kappa shape index (κ1) is 18.7. The number of nitrogens with zero attached hydrogens (tertiary/aromatic N) is 2. The lowest BCUT2D eigenvalue weighted by molar-refractivity contribution is 0.0466. The van der Waals surface area contributed by atoms with Gasteiger partial charge in [-0.05, 0) is 62.4 Å². The lowest BCUT2D eigenvalue weighted by Crippen LogP contribution is -2.43. The molecule has 0 saturated carbocycles. The van der Waals surface area contributed by atoms with E-state index in [1.807, 2.05) is 31.2 Å². The van der Waals surface area contributed by atoms with Gasteiger partial charge in [-0.15, -0.1) is 0 Å². The number of aliphatic hydroxyl groups excluding tert-OH is 1. The van der Waals surface area contributed by atoms with Crippen molar-refractivity contribution in [1.29, 1.82) is 0 Å². The Labute approximate surface area is 172 Å². The molecule has 2 unspecified atom stereocenters. The predicted molar refractivity (Wildman–Crippen MR) is 117 cm³/mol. The molecule has 0 spiro atoms. The van der Waals surface area contributed by atoms with Gasteiger partial charge in [0.1, 0.15) is 18.5 Å². The second kappa shape index (κ2) is 7.51. The van der Waals surface area contributed by atoms with Crippen molar-refractivity contribution in [2.75, 3.05) is 19.7 Å². The SMILES string of the molecule is Cc1ccc2c(c1)c1c3n2CN(CC(O)COc2ccccc2C)CC3CCC1. The number of hydrogen-bond donors (Lipinski definition) is 1. The van der Waals surface area contributed by atoms with Gasteiger partial charge >= 0.3 is 0 Å². The van der Waals surface area contributed by atoms with Crippen LogP contribution >= 0.6 is 0 Å². The maximum Gasteiger partial charge on any atom is 0.122 e. The Morgan fingerprint density at radius 1 is 1.17 bits per heavy atom. The molecule has 2 aromatic carbocycles. The number of hydrogen-bond acceptors (Lipinski definition) is 3. The molecule has 2 aliphatic rings. The minimum absolute atomic E-state index is 0.329. The highest BCUT2D eigenvalue weighted by Gasteiger charge is 2.33. The topological polar surface area (TPSA) is 37.6 Å². The van der Waals surface area contributed by atoms with E-state index in [2.05, 4.69) is 34.6 Å². The Bertz CT molecular complexity index is 1040. The van der Waals surface area contributed by atoms with E-state index in [1.54, 1.807) is 11.3 Å². The van der Waals surface area contributed by atoms with Crippen LogP contribution in [0.25, 0.3) is 10.9 Å². The lowest BCUT2D eigenvalue weighted by Gasteiger charge is -2.38. The van der Waals surface area contributed by atoms with Crippen molar-refractivity contribution in [2.24, 2.45) is 0 Å². The van der Waals surface area contributed by atoms with Gasteiger partial charge in [0.2, 0.25) is 0 Å². The molecule has 2 heterocycles. The highest BCUT2D eigenvalue weighted by Crippen LogP contribution is 2.41. The van der Waals surface area contributed by atoms with E-state index in [0.29, 0.717) is 19.1 Å². The molecule has 0 amide bonds. The summed E-state index contributed by atoms with van der Waals surface area (Å²) < 4.78 is 8.38. The van der Waals surface area contributed by atoms with Gasteiger partial charge in [-0.2, -0.15) is 0 Å². The van der Waals surface area contributed by atoms with Gasteiger partial charge in [0.05, 0.1) is 6.67 Å². The highest BCUT2D eigenvalue weighted by molar-refractivity contribution is 5.87. The third kappa shape index (κ3) is 3.45. The minimum Gasteiger partial charge on any atom is -0.491 e. The average molecular weight is 391 g/mol. The zero-order valence-corrected chi connectivity index (χ0v) is 17.4. The van der Waals surface area contributed by atoms with E-state index in [4.69, 9.17) is 4.74 Å². The fourth-order valence-corrected chi connectivity index (χ4v) is 5.24. The fourth-order valence-electron chi connectivity index (χ4n) is 5.24. The van der Waals surface area contributed by atoms with Crippen LogP contribution in [0.1, 0.15) is 41.1 Å². The highest BCUT2D eigenvalue weighted by atomic mass is 16.5. The number of aryl methyl sites for hydroxylation is 3. The molecule has 1 aliphatic carbocycles. The van der Waals surface area contributed by atoms with Crippen LogP contribution in [0.5, 0.6) is 5.75 Å². The molecular weight excluding hydrogens is 360 g/mol. The second-order valence-corrected chi connectivity index (χ2v) is 8.81. The third-order valence-electron chi connectivity index (χ3n) is 6.55. The summed E-state index contributed by atoms with van der Waals surface area (Å²) in [5.74, 6) is 1.43. The normalized spacial score (nSPS) is 19.9. The quantitative estimate of drug-likeness (QED) is 0.702. The summed E-state index contributed by atoms with van der Waals surface area (Å²) in [5.41, 5.74) is 6.91. The van der Waals surface area contributed by atoms with Crippen molar-refractivity contribution in [1.82, 2.24) is 9.47 Å². The summed E-state index contributed by atoms with van der Waals surface area (Å²) in [6.07, 6.45) is 3.21. The summed E-state index contributed by atoms with van der Waals surface area (Å²) in [6.45, 7) is 7.07.